The molecule has 106 valence electrons. The van der Waals surface area contributed by atoms with Crippen LogP contribution in [0.1, 0.15) is 34.6 Å². The third-order valence-corrected chi connectivity index (χ3v) is 2.62. The molecule has 0 aromatic carbocycles. The third kappa shape index (κ3) is 4.99. The summed E-state index contributed by atoms with van der Waals surface area (Å²) in [4.78, 5) is 18.3. The first-order chi connectivity index (χ1) is 8.85. The van der Waals surface area contributed by atoms with E-state index in [1.807, 2.05) is 19.1 Å². The van der Waals surface area contributed by atoms with E-state index in [0.717, 1.165) is 5.69 Å². The van der Waals surface area contributed by atoms with Crippen LogP contribution in [0.5, 0.6) is 0 Å². The van der Waals surface area contributed by atoms with Crippen LogP contribution in [-0.4, -0.2) is 30.1 Å². The van der Waals surface area contributed by atoms with Crippen molar-refractivity contribution in [3.05, 3.63) is 24.5 Å². The lowest BCUT2D eigenvalue weighted by Gasteiger charge is -2.31. The summed E-state index contributed by atoms with van der Waals surface area (Å²) in [5.41, 5.74) is 0.825. The van der Waals surface area contributed by atoms with E-state index in [4.69, 9.17) is 4.74 Å². The molecule has 0 aliphatic carbocycles. The Labute approximate surface area is 115 Å². The van der Waals surface area contributed by atoms with Gasteiger partial charge in [0, 0.05) is 19.3 Å². The number of hydrogen-bond acceptors (Lipinski definition) is 3. The number of nitrogens with zero attached hydrogens (tertiary/aromatic N) is 2. The molecule has 4 nitrogen and oxygen atoms in total. The Kier molecular flexibility index (Phi) is 5.48. The molecule has 19 heavy (non-hydrogen) atoms. The van der Waals surface area contributed by atoms with Gasteiger partial charge in [0.2, 0.25) is 0 Å². The van der Waals surface area contributed by atoms with Gasteiger partial charge in [-0.05, 0) is 31.4 Å². The summed E-state index contributed by atoms with van der Waals surface area (Å²) >= 11 is 0. The number of amides is 1. The van der Waals surface area contributed by atoms with E-state index in [2.05, 4.69) is 25.8 Å². The van der Waals surface area contributed by atoms with Crippen LogP contribution in [0.2, 0.25) is 0 Å². The van der Waals surface area contributed by atoms with E-state index >= 15 is 0 Å². The molecule has 0 saturated heterocycles. The lowest BCUT2D eigenvalue weighted by molar-refractivity contribution is -0.129. The van der Waals surface area contributed by atoms with Crippen LogP contribution in [0.15, 0.2) is 24.5 Å². The molecule has 0 N–H and O–H groups in total. The standard InChI is InChI=1S/C15H24N2O2/c1-6-19-12(2)14(18)17(11-15(3,4)5)13-8-7-9-16-10-13/h7-10,12H,6,11H2,1-5H3/t12-/m0/s1. The molecule has 0 aliphatic heterocycles. The Bertz CT molecular complexity index is 398. The van der Waals surface area contributed by atoms with Crippen LogP contribution < -0.4 is 4.90 Å². The number of anilines is 1. The summed E-state index contributed by atoms with van der Waals surface area (Å²) in [6, 6.07) is 3.74. The molecule has 0 unspecified atom stereocenters. The Morgan fingerprint density at radius 3 is 2.63 bits per heavy atom. The molecule has 1 rings (SSSR count). The number of pyridine rings is 1. The fourth-order valence-electron chi connectivity index (χ4n) is 1.82. The maximum Gasteiger partial charge on any atom is 0.255 e. The van der Waals surface area contributed by atoms with Gasteiger partial charge in [0.25, 0.3) is 5.91 Å². The van der Waals surface area contributed by atoms with Crippen molar-refractivity contribution in [3.8, 4) is 0 Å². The summed E-state index contributed by atoms with van der Waals surface area (Å²) in [5, 5.41) is 0. The Hall–Kier alpha value is -1.42. The molecule has 4 heteroatoms. The fraction of sp³-hybridized carbons (Fsp3) is 0.600. The normalized spacial score (nSPS) is 13.1. The molecule has 0 saturated carbocycles. The predicted octanol–water partition coefficient (Wildman–Crippen LogP) is 2.89. The maximum absolute atomic E-state index is 12.5. The number of carbonyl (C=O) groups excluding carboxylic acids is 1. The molecular weight excluding hydrogens is 240 g/mol. The SMILES string of the molecule is CCO[C@@H](C)C(=O)N(CC(C)(C)C)c1cccnc1. The highest BCUT2D eigenvalue weighted by Gasteiger charge is 2.26. The molecule has 1 aromatic heterocycles. The molecule has 0 aliphatic rings. The van der Waals surface area contributed by atoms with Crippen molar-refractivity contribution in [2.45, 2.75) is 40.7 Å². The molecule has 0 bridgehead atoms. The lowest BCUT2D eigenvalue weighted by Crippen LogP contribution is -2.43. The molecule has 1 heterocycles. The van der Waals surface area contributed by atoms with Crippen molar-refractivity contribution >= 4 is 11.6 Å². The van der Waals surface area contributed by atoms with E-state index in [1.54, 1.807) is 24.2 Å². The number of hydrogen-bond donors (Lipinski definition) is 0. The second kappa shape index (κ2) is 6.66. The Morgan fingerprint density at radius 1 is 1.47 bits per heavy atom. The van der Waals surface area contributed by atoms with Crippen molar-refractivity contribution in [2.24, 2.45) is 5.41 Å². The molecule has 0 radical (unpaired) electrons. The van der Waals surface area contributed by atoms with Crippen LogP contribution >= 0.6 is 0 Å². The average Bonchev–Trinajstić information content (AvgIpc) is 2.35. The summed E-state index contributed by atoms with van der Waals surface area (Å²) < 4.78 is 5.41. The molecule has 1 aromatic rings. The number of aromatic nitrogens is 1. The highest BCUT2D eigenvalue weighted by Crippen LogP contribution is 2.22. The summed E-state index contributed by atoms with van der Waals surface area (Å²) in [5.74, 6) is -0.0234. The van der Waals surface area contributed by atoms with Gasteiger partial charge in [0.15, 0.2) is 0 Å². The third-order valence-electron chi connectivity index (χ3n) is 2.62. The van der Waals surface area contributed by atoms with Crippen LogP contribution in [0.3, 0.4) is 0 Å². The summed E-state index contributed by atoms with van der Waals surface area (Å²) in [6.07, 6.45) is 2.98. The van der Waals surface area contributed by atoms with Gasteiger partial charge in [-0.25, -0.2) is 0 Å². The number of rotatable bonds is 5. The lowest BCUT2D eigenvalue weighted by atomic mass is 9.95. The number of carbonyl (C=O) groups is 1. The zero-order chi connectivity index (χ0) is 14.5. The highest BCUT2D eigenvalue weighted by molar-refractivity contribution is 5.96. The smallest absolute Gasteiger partial charge is 0.255 e. The zero-order valence-electron chi connectivity index (χ0n) is 12.5. The van der Waals surface area contributed by atoms with Gasteiger partial charge in [-0.2, -0.15) is 0 Å². The second-order valence-electron chi connectivity index (χ2n) is 5.79. The molecule has 0 fully saturated rings. The van der Waals surface area contributed by atoms with E-state index in [-0.39, 0.29) is 11.3 Å². The van der Waals surface area contributed by atoms with Crippen LogP contribution in [0.25, 0.3) is 0 Å². The van der Waals surface area contributed by atoms with Gasteiger partial charge in [-0.3, -0.25) is 9.78 Å². The first-order valence-corrected chi connectivity index (χ1v) is 6.68. The van der Waals surface area contributed by atoms with Crippen molar-refractivity contribution in [2.75, 3.05) is 18.1 Å². The molecule has 1 atom stereocenters. The first-order valence-electron chi connectivity index (χ1n) is 6.68. The largest absolute Gasteiger partial charge is 0.369 e. The fourth-order valence-corrected chi connectivity index (χ4v) is 1.82. The van der Waals surface area contributed by atoms with Gasteiger partial charge in [0.05, 0.1) is 11.9 Å². The second-order valence-corrected chi connectivity index (χ2v) is 5.79. The summed E-state index contributed by atoms with van der Waals surface area (Å²) in [6.45, 7) is 11.2. The quantitative estimate of drug-likeness (QED) is 0.821. The van der Waals surface area contributed by atoms with E-state index < -0.39 is 6.10 Å². The minimum atomic E-state index is -0.437. The van der Waals surface area contributed by atoms with Gasteiger partial charge in [0.1, 0.15) is 6.10 Å². The molecular formula is C15H24N2O2. The van der Waals surface area contributed by atoms with Gasteiger partial charge in [-0.15, -0.1) is 0 Å². The Balaban J connectivity index is 2.96. The highest BCUT2D eigenvalue weighted by atomic mass is 16.5. The van der Waals surface area contributed by atoms with Crippen LogP contribution in [0.4, 0.5) is 5.69 Å². The van der Waals surface area contributed by atoms with Gasteiger partial charge < -0.3 is 9.64 Å². The molecule has 0 spiro atoms. The Morgan fingerprint density at radius 2 is 2.16 bits per heavy atom. The average molecular weight is 264 g/mol. The zero-order valence-corrected chi connectivity index (χ0v) is 12.5. The van der Waals surface area contributed by atoms with E-state index in [9.17, 15) is 4.79 Å². The van der Waals surface area contributed by atoms with Gasteiger partial charge in [-0.1, -0.05) is 20.8 Å². The van der Waals surface area contributed by atoms with Crippen LogP contribution in [0, 0.1) is 5.41 Å². The minimum absolute atomic E-state index is 0.0113. The number of ether oxygens (including phenoxy) is 1. The minimum Gasteiger partial charge on any atom is -0.369 e. The van der Waals surface area contributed by atoms with Crippen molar-refractivity contribution in [1.29, 1.82) is 0 Å². The van der Waals surface area contributed by atoms with E-state index in [1.165, 1.54) is 0 Å². The van der Waals surface area contributed by atoms with E-state index in [0.29, 0.717) is 13.2 Å². The topological polar surface area (TPSA) is 42.4 Å². The van der Waals surface area contributed by atoms with Crippen LogP contribution in [-0.2, 0) is 9.53 Å². The monoisotopic (exact) mass is 264 g/mol. The van der Waals surface area contributed by atoms with Crippen molar-refractivity contribution in [3.63, 3.8) is 0 Å². The van der Waals surface area contributed by atoms with Gasteiger partial charge >= 0.3 is 0 Å². The summed E-state index contributed by atoms with van der Waals surface area (Å²) in [7, 11) is 0. The molecule has 1 amide bonds. The maximum atomic E-state index is 12.5. The predicted molar refractivity (Wildman–Crippen MR) is 77.1 cm³/mol. The van der Waals surface area contributed by atoms with Crippen molar-refractivity contribution in [1.82, 2.24) is 4.98 Å². The first kappa shape index (κ1) is 15.6. The van der Waals surface area contributed by atoms with Crippen molar-refractivity contribution < 1.29 is 9.53 Å².